The van der Waals surface area contributed by atoms with Crippen molar-refractivity contribution < 1.29 is 23.1 Å². The summed E-state index contributed by atoms with van der Waals surface area (Å²) in [4.78, 5) is 13.7. The SMILES string of the molecule is O=C1CCCN1c1ccc(Sc2cccc(Cl)c2CO)c(C(F)(F)F)c1. The highest BCUT2D eigenvalue weighted by molar-refractivity contribution is 7.99. The number of nitrogens with zero attached hydrogens (tertiary/aromatic N) is 1. The molecule has 2 aromatic rings. The monoisotopic (exact) mass is 401 g/mol. The van der Waals surface area contributed by atoms with E-state index in [1.807, 2.05) is 0 Å². The molecule has 2 aromatic carbocycles. The molecule has 0 bridgehead atoms. The van der Waals surface area contributed by atoms with Crippen molar-refractivity contribution in [1.29, 1.82) is 0 Å². The van der Waals surface area contributed by atoms with Crippen molar-refractivity contribution in [2.24, 2.45) is 0 Å². The molecular formula is C18H15ClF3NO2S. The summed E-state index contributed by atoms with van der Waals surface area (Å²) in [7, 11) is 0. The number of hydrogen-bond donors (Lipinski definition) is 1. The molecule has 1 saturated heterocycles. The van der Waals surface area contributed by atoms with Gasteiger partial charge in [-0.2, -0.15) is 13.2 Å². The van der Waals surface area contributed by atoms with Gasteiger partial charge in [-0.05, 0) is 36.8 Å². The first-order chi connectivity index (χ1) is 12.3. The lowest BCUT2D eigenvalue weighted by molar-refractivity contribution is -0.139. The van der Waals surface area contributed by atoms with Crippen LogP contribution in [-0.4, -0.2) is 17.6 Å². The molecule has 0 spiro atoms. The number of carbonyl (C=O) groups excluding carboxylic acids is 1. The van der Waals surface area contributed by atoms with Crippen LogP contribution < -0.4 is 4.90 Å². The molecule has 0 aliphatic carbocycles. The average Bonchev–Trinajstić information content (AvgIpc) is 3.00. The van der Waals surface area contributed by atoms with Crippen molar-refractivity contribution >= 4 is 35.0 Å². The van der Waals surface area contributed by atoms with Gasteiger partial charge in [-0.1, -0.05) is 29.4 Å². The molecule has 1 aliphatic heterocycles. The van der Waals surface area contributed by atoms with Crippen LogP contribution in [0.15, 0.2) is 46.2 Å². The van der Waals surface area contributed by atoms with Crippen LogP contribution in [0.4, 0.5) is 18.9 Å². The van der Waals surface area contributed by atoms with Gasteiger partial charge < -0.3 is 10.0 Å². The van der Waals surface area contributed by atoms with Crippen molar-refractivity contribution in [2.75, 3.05) is 11.4 Å². The number of carbonyl (C=O) groups is 1. The number of aliphatic hydroxyl groups excluding tert-OH is 1. The van der Waals surface area contributed by atoms with Crippen LogP contribution in [0.3, 0.4) is 0 Å². The van der Waals surface area contributed by atoms with E-state index in [0.29, 0.717) is 34.9 Å². The molecule has 1 aliphatic rings. The summed E-state index contributed by atoms with van der Waals surface area (Å²) in [5, 5.41) is 9.76. The van der Waals surface area contributed by atoms with Gasteiger partial charge in [0.2, 0.25) is 5.91 Å². The highest BCUT2D eigenvalue weighted by Gasteiger charge is 2.35. The molecule has 138 valence electrons. The predicted octanol–water partition coefficient (Wildman–Crippen LogP) is 5.13. The van der Waals surface area contributed by atoms with E-state index in [-0.39, 0.29) is 23.1 Å². The highest BCUT2D eigenvalue weighted by atomic mass is 35.5. The lowest BCUT2D eigenvalue weighted by Gasteiger charge is -2.20. The van der Waals surface area contributed by atoms with Gasteiger partial charge in [0.25, 0.3) is 0 Å². The molecule has 0 saturated carbocycles. The standard InChI is InChI=1S/C18H15ClF3NO2S/c19-14-3-1-4-15(12(14)10-24)26-16-7-6-11(9-13(16)18(20,21)22)23-8-2-5-17(23)25/h1,3-4,6-7,9,24H,2,5,8,10H2. The molecule has 1 N–H and O–H groups in total. The summed E-state index contributed by atoms with van der Waals surface area (Å²) in [5.74, 6) is -0.170. The molecule has 3 rings (SSSR count). The van der Waals surface area contributed by atoms with E-state index >= 15 is 0 Å². The van der Waals surface area contributed by atoms with E-state index in [9.17, 15) is 23.1 Å². The van der Waals surface area contributed by atoms with E-state index in [1.54, 1.807) is 18.2 Å². The zero-order valence-corrected chi connectivity index (χ0v) is 15.1. The summed E-state index contributed by atoms with van der Waals surface area (Å²) in [5.41, 5.74) is -0.188. The fraction of sp³-hybridized carbons (Fsp3) is 0.278. The number of amides is 1. The molecule has 1 fully saturated rings. The number of benzene rings is 2. The van der Waals surface area contributed by atoms with E-state index < -0.39 is 11.7 Å². The summed E-state index contributed by atoms with van der Waals surface area (Å²) in [6.07, 6.45) is -3.58. The Hall–Kier alpha value is -1.70. The number of rotatable bonds is 4. The molecule has 0 unspecified atom stereocenters. The Morgan fingerprint density at radius 1 is 1.19 bits per heavy atom. The Bertz CT molecular complexity index is 842. The normalized spacial score (nSPS) is 15.0. The molecule has 0 aromatic heterocycles. The zero-order chi connectivity index (χ0) is 18.9. The third-order valence-corrected chi connectivity index (χ3v) is 5.64. The van der Waals surface area contributed by atoms with Gasteiger partial charge >= 0.3 is 6.18 Å². The van der Waals surface area contributed by atoms with Crippen LogP contribution >= 0.6 is 23.4 Å². The van der Waals surface area contributed by atoms with Crippen molar-refractivity contribution in [3.05, 3.63) is 52.5 Å². The first-order valence-electron chi connectivity index (χ1n) is 7.89. The molecule has 1 heterocycles. The Balaban J connectivity index is 2.02. The Kier molecular flexibility index (Phi) is 5.50. The van der Waals surface area contributed by atoms with Gasteiger partial charge in [-0.25, -0.2) is 0 Å². The van der Waals surface area contributed by atoms with Gasteiger partial charge in [-0.3, -0.25) is 4.79 Å². The first kappa shape index (κ1) is 19.1. The predicted molar refractivity (Wildman–Crippen MR) is 94.5 cm³/mol. The maximum Gasteiger partial charge on any atom is 0.417 e. The topological polar surface area (TPSA) is 40.5 Å². The maximum absolute atomic E-state index is 13.6. The van der Waals surface area contributed by atoms with E-state index in [0.717, 1.165) is 17.8 Å². The van der Waals surface area contributed by atoms with Crippen molar-refractivity contribution in [3.8, 4) is 0 Å². The molecule has 3 nitrogen and oxygen atoms in total. The minimum absolute atomic E-state index is 0.00939. The van der Waals surface area contributed by atoms with Crippen LogP contribution in [0.5, 0.6) is 0 Å². The van der Waals surface area contributed by atoms with Gasteiger partial charge in [-0.15, -0.1) is 0 Å². The van der Waals surface area contributed by atoms with Crippen LogP contribution in [0, 0.1) is 0 Å². The lowest BCUT2D eigenvalue weighted by Crippen LogP contribution is -2.24. The third-order valence-electron chi connectivity index (χ3n) is 4.11. The minimum Gasteiger partial charge on any atom is -0.392 e. The van der Waals surface area contributed by atoms with Crippen LogP contribution in [0.1, 0.15) is 24.0 Å². The Morgan fingerprint density at radius 2 is 1.96 bits per heavy atom. The molecule has 1 amide bonds. The number of anilines is 1. The van der Waals surface area contributed by atoms with Gasteiger partial charge in [0.1, 0.15) is 0 Å². The molecule has 26 heavy (non-hydrogen) atoms. The van der Waals surface area contributed by atoms with E-state index in [4.69, 9.17) is 11.6 Å². The lowest BCUT2D eigenvalue weighted by atomic mass is 10.2. The minimum atomic E-state index is -4.57. The van der Waals surface area contributed by atoms with Crippen molar-refractivity contribution in [1.82, 2.24) is 0 Å². The van der Waals surface area contributed by atoms with Gasteiger partial charge in [0.15, 0.2) is 0 Å². The average molecular weight is 402 g/mol. The highest BCUT2D eigenvalue weighted by Crippen LogP contribution is 2.43. The zero-order valence-electron chi connectivity index (χ0n) is 13.5. The summed E-state index contributed by atoms with van der Waals surface area (Å²) < 4.78 is 40.8. The number of halogens is 4. The second kappa shape index (κ2) is 7.50. The largest absolute Gasteiger partial charge is 0.417 e. The Morgan fingerprint density at radius 3 is 2.58 bits per heavy atom. The molecular weight excluding hydrogens is 387 g/mol. The maximum atomic E-state index is 13.6. The van der Waals surface area contributed by atoms with Crippen LogP contribution in [0.2, 0.25) is 5.02 Å². The van der Waals surface area contributed by atoms with Crippen molar-refractivity contribution in [3.63, 3.8) is 0 Å². The summed E-state index contributed by atoms with van der Waals surface area (Å²) in [6, 6.07) is 8.69. The fourth-order valence-electron chi connectivity index (χ4n) is 2.82. The van der Waals surface area contributed by atoms with Crippen LogP contribution in [-0.2, 0) is 17.6 Å². The smallest absolute Gasteiger partial charge is 0.392 e. The van der Waals surface area contributed by atoms with E-state index in [2.05, 4.69) is 0 Å². The molecule has 0 atom stereocenters. The molecule has 0 radical (unpaired) electrons. The Labute approximate surface area is 157 Å². The number of alkyl halides is 3. The summed E-state index contributed by atoms with van der Waals surface area (Å²) in [6.45, 7) is 0.0509. The quantitative estimate of drug-likeness (QED) is 0.772. The van der Waals surface area contributed by atoms with Crippen LogP contribution in [0.25, 0.3) is 0 Å². The fourth-order valence-corrected chi connectivity index (χ4v) is 4.22. The van der Waals surface area contributed by atoms with Gasteiger partial charge in [0, 0.05) is 39.0 Å². The second-order valence-electron chi connectivity index (χ2n) is 5.80. The number of hydrogen-bond acceptors (Lipinski definition) is 3. The first-order valence-corrected chi connectivity index (χ1v) is 9.08. The van der Waals surface area contributed by atoms with Gasteiger partial charge in [0.05, 0.1) is 12.2 Å². The molecule has 8 heteroatoms. The van der Waals surface area contributed by atoms with Crippen molar-refractivity contribution in [2.45, 2.75) is 35.4 Å². The van der Waals surface area contributed by atoms with E-state index in [1.165, 1.54) is 17.0 Å². The number of aliphatic hydroxyl groups is 1. The second-order valence-corrected chi connectivity index (χ2v) is 7.29. The third kappa shape index (κ3) is 3.84. The summed E-state index contributed by atoms with van der Waals surface area (Å²) >= 11 is 6.90.